The number of nitrogens with zero attached hydrogens (tertiary/aromatic N) is 2. The summed E-state index contributed by atoms with van der Waals surface area (Å²) in [6.07, 6.45) is 6.13. The molecule has 0 aromatic heterocycles. The molecule has 0 radical (unpaired) electrons. The summed E-state index contributed by atoms with van der Waals surface area (Å²) < 4.78 is 5.47. The summed E-state index contributed by atoms with van der Waals surface area (Å²) in [6.45, 7) is 3.44. The van der Waals surface area contributed by atoms with Crippen LogP contribution in [0.5, 0.6) is 0 Å². The van der Waals surface area contributed by atoms with E-state index in [1.54, 1.807) is 6.21 Å². The molecule has 2 N–H and O–H groups in total. The van der Waals surface area contributed by atoms with Crippen LogP contribution in [0, 0.1) is 0 Å². The van der Waals surface area contributed by atoms with Crippen molar-refractivity contribution in [3.8, 4) is 0 Å². The number of morpholine rings is 1. The Morgan fingerprint density at radius 1 is 1.10 bits per heavy atom. The van der Waals surface area contributed by atoms with E-state index >= 15 is 0 Å². The molecule has 0 bridgehead atoms. The van der Waals surface area contributed by atoms with E-state index in [0.717, 1.165) is 39.1 Å². The molecule has 0 atom stereocenters. The van der Waals surface area contributed by atoms with Gasteiger partial charge in [-0.2, -0.15) is 5.10 Å². The highest BCUT2D eigenvalue weighted by atomic mass is 16.5. The molecule has 1 aromatic rings. The van der Waals surface area contributed by atoms with Crippen LogP contribution >= 0.6 is 0 Å². The maximum atomic E-state index is 5.47. The van der Waals surface area contributed by atoms with Crippen molar-refractivity contribution in [2.24, 2.45) is 10.9 Å². The van der Waals surface area contributed by atoms with Gasteiger partial charge in [0.2, 0.25) is 0 Å². The first-order chi connectivity index (χ1) is 10.4. The Morgan fingerprint density at radius 2 is 1.86 bits per heavy atom. The zero-order valence-corrected chi connectivity index (χ0v) is 12.2. The normalized spacial score (nSPS) is 21.7. The van der Waals surface area contributed by atoms with Crippen LogP contribution in [0.3, 0.4) is 0 Å². The fourth-order valence-corrected chi connectivity index (χ4v) is 3.01. The maximum Gasteiger partial charge on any atom is 0.0642 e. The van der Waals surface area contributed by atoms with Crippen molar-refractivity contribution in [1.82, 2.24) is 4.90 Å². The quantitative estimate of drug-likeness (QED) is 0.526. The van der Waals surface area contributed by atoms with Crippen LogP contribution in [0.1, 0.15) is 18.4 Å². The van der Waals surface area contributed by atoms with Crippen molar-refractivity contribution >= 4 is 12.3 Å². The standard InChI is InChI=1S/C17H21N3O/c18-19-13-16-7-6-15(12-14-4-2-1-3-5-14)17(16)20-8-10-21-11-9-20/h1-5,12-13H,6-11,18H2/b15-12+,19-13+. The second kappa shape index (κ2) is 6.59. The smallest absolute Gasteiger partial charge is 0.0642 e. The highest BCUT2D eigenvalue weighted by molar-refractivity contribution is 5.83. The molecule has 0 spiro atoms. The zero-order chi connectivity index (χ0) is 14.5. The third-order valence-electron chi connectivity index (χ3n) is 3.97. The second-order valence-corrected chi connectivity index (χ2v) is 5.33. The number of hydrogen-bond acceptors (Lipinski definition) is 4. The molecule has 1 saturated heterocycles. The van der Waals surface area contributed by atoms with E-state index in [-0.39, 0.29) is 0 Å². The summed E-state index contributed by atoms with van der Waals surface area (Å²) >= 11 is 0. The SMILES string of the molecule is N/N=C/C1=C(N2CCOCC2)C(=C/c2ccccc2)/CC1. The van der Waals surface area contributed by atoms with Gasteiger partial charge in [0.15, 0.2) is 0 Å². The summed E-state index contributed by atoms with van der Waals surface area (Å²) in [6, 6.07) is 10.5. The van der Waals surface area contributed by atoms with E-state index in [0.29, 0.717) is 0 Å². The fourth-order valence-electron chi connectivity index (χ4n) is 3.01. The van der Waals surface area contributed by atoms with Crippen LogP contribution < -0.4 is 5.84 Å². The van der Waals surface area contributed by atoms with Crippen LogP contribution in [0.4, 0.5) is 0 Å². The number of nitrogens with two attached hydrogens (primary N) is 1. The van der Waals surface area contributed by atoms with Gasteiger partial charge >= 0.3 is 0 Å². The first-order valence-electron chi connectivity index (χ1n) is 7.43. The van der Waals surface area contributed by atoms with Gasteiger partial charge in [-0.15, -0.1) is 0 Å². The predicted octanol–water partition coefficient (Wildman–Crippen LogP) is 2.39. The molecule has 1 heterocycles. The van der Waals surface area contributed by atoms with Gasteiger partial charge in [-0.1, -0.05) is 30.3 Å². The van der Waals surface area contributed by atoms with Gasteiger partial charge in [-0.05, 0) is 35.6 Å². The maximum absolute atomic E-state index is 5.47. The van der Waals surface area contributed by atoms with E-state index in [4.69, 9.17) is 10.6 Å². The van der Waals surface area contributed by atoms with Crippen LogP contribution in [0.25, 0.3) is 6.08 Å². The largest absolute Gasteiger partial charge is 0.378 e. The third-order valence-corrected chi connectivity index (χ3v) is 3.97. The number of ether oxygens (including phenoxy) is 1. The van der Waals surface area contributed by atoms with E-state index in [1.807, 2.05) is 6.07 Å². The highest BCUT2D eigenvalue weighted by Crippen LogP contribution is 2.34. The lowest BCUT2D eigenvalue weighted by Gasteiger charge is -2.31. The fraction of sp³-hybridized carbons (Fsp3) is 0.353. The van der Waals surface area contributed by atoms with E-state index in [1.165, 1.54) is 22.4 Å². The van der Waals surface area contributed by atoms with Crippen molar-refractivity contribution in [2.45, 2.75) is 12.8 Å². The molecule has 1 aliphatic carbocycles. The third kappa shape index (κ3) is 3.16. The molecule has 4 nitrogen and oxygen atoms in total. The Bertz CT molecular complexity index is 569. The summed E-state index contributed by atoms with van der Waals surface area (Å²) in [4.78, 5) is 2.41. The average molecular weight is 283 g/mol. The Kier molecular flexibility index (Phi) is 4.36. The predicted molar refractivity (Wildman–Crippen MR) is 85.8 cm³/mol. The summed E-state index contributed by atoms with van der Waals surface area (Å²) in [5.74, 6) is 5.37. The first kappa shape index (κ1) is 13.9. The lowest BCUT2D eigenvalue weighted by Crippen LogP contribution is -2.36. The van der Waals surface area contributed by atoms with Crippen molar-refractivity contribution in [1.29, 1.82) is 0 Å². The number of rotatable bonds is 3. The van der Waals surface area contributed by atoms with E-state index < -0.39 is 0 Å². The number of allylic oxidation sites excluding steroid dienone is 2. The van der Waals surface area contributed by atoms with Crippen LogP contribution in [-0.4, -0.2) is 37.4 Å². The van der Waals surface area contributed by atoms with Crippen LogP contribution in [0.15, 0.2) is 52.3 Å². The van der Waals surface area contributed by atoms with Crippen LogP contribution in [0.2, 0.25) is 0 Å². The molecule has 1 fully saturated rings. The molecule has 0 amide bonds. The minimum Gasteiger partial charge on any atom is -0.378 e. The Balaban J connectivity index is 1.94. The van der Waals surface area contributed by atoms with Crippen molar-refractivity contribution in [3.05, 3.63) is 52.7 Å². The van der Waals surface area contributed by atoms with Gasteiger partial charge in [0, 0.05) is 18.8 Å². The number of hydrogen-bond donors (Lipinski definition) is 1. The molecule has 0 unspecified atom stereocenters. The average Bonchev–Trinajstić information content (AvgIpc) is 2.92. The zero-order valence-electron chi connectivity index (χ0n) is 12.2. The Morgan fingerprint density at radius 3 is 2.57 bits per heavy atom. The lowest BCUT2D eigenvalue weighted by atomic mass is 10.1. The molecule has 1 aliphatic heterocycles. The second-order valence-electron chi connectivity index (χ2n) is 5.33. The Labute approximate surface area is 125 Å². The minimum absolute atomic E-state index is 0.787. The molecular formula is C17H21N3O. The summed E-state index contributed by atoms with van der Waals surface area (Å²) in [7, 11) is 0. The summed E-state index contributed by atoms with van der Waals surface area (Å²) in [5.41, 5.74) is 5.15. The number of hydrazone groups is 1. The highest BCUT2D eigenvalue weighted by Gasteiger charge is 2.25. The van der Waals surface area contributed by atoms with Gasteiger partial charge in [-0.3, -0.25) is 0 Å². The summed E-state index contributed by atoms with van der Waals surface area (Å²) in [5, 5.41) is 3.74. The molecule has 3 rings (SSSR count). The molecule has 21 heavy (non-hydrogen) atoms. The molecule has 1 aromatic carbocycles. The first-order valence-corrected chi connectivity index (χ1v) is 7.43. The lowest BCUT2D eigenvalue weighted by molar-refractivity contribution is 0.0548. The number of benzene rings is 1. The minimum atomic E-state index is 0.787. The van der Waals surface area contributed by atoms with E-state index in [2.05, 4.69) is 40.3 Å². The molecule has 0 saturated carbocycles. The molecule has 2 aliphatic rings. The molecule has 110 valence electrons. The van der Waals surface area contributed by atoms with Crippen LogP contribution in [-0.2, 0) is 4.74 Å². The molecule has 4 heteroatoms. The van der Waals surface area contributed by atoms with E-state index in [9.17, 15) is 0 Å². The van der Waals surface area contributed by atoms with Crippen molar-refractivity contribution in [2.75, 3.05) is 26.3 Å². The van der Waals surface area contributed by atoms with Gasteiger partial charge in [0.05, 0.1) is 19.4 Å². The van der Waals surface area contributed by atoms with Gasteiger partial charge in [-0.25, -0.2) is 0 Å². The monoisotopic (exact) mass is 283 g/mol. The van der Waals surface area contributed by atoms with Gasteiger partial charge in [0.25, 0.3) is 0 Å². The Hall–Kier alpha value is -2.07. The topological polar surface area (TPSA) is 50.8 Å². The van der Waals surface area contributed by atoms with Crippen molar-refractivity contribution < 1.29 is 4.74 Å². The molecular weight excluding hydrogens is 262 g/mol. The van der Waals surface area contributed by atoms with Crippen molar-refractivity contribution in [3.63, 3.8) is 0 Å². The van der Waals surface area contributed by atoms with Gasteiger partial charge in [0.1, 0.15) is 0 Å². The van der Waals surface area contributed by atoms with Gasteiger partial charge < -0.3 is 15.5 Å².